The fraction of sp³-hybridized carbons (Fsp3) is 0.130. The molecular formula is C23H20N4O6. The molecule has 0 bridgehead atoms. The molecule has 0 fully saturated rings. The molecule has 10 heteroatoms. The number of nitrogens with one attached hydrogen (secondary N) is 2. The number of benzene rings is 3. The van der Waals surface area contributed by atoms with E-state index >= 15 is 0 Å². The summed E-state index contributed by atoms with van der Waals surface area (Å²) in [5, 5.41) is 27.0. The Bertz CT molecular complexity index is 1210. The molecule has 2 amide bonds. The lowest BCUT2D eigenvalue weighted by atomic mass is 10.1. The number of rotatable bonds is 8. The summed E-state index contributed by atoms with van der Waals surface area (Å²) in [5.74, 6) is -0.695. The fourth-order valence-electron chi connectivity index (χ4n) is 3.10. The Morgan fingerprint density at radius 3 is 1.55 bits per heavy atom. The second-order valence-corrected chi connectivity index (χ2v) is 7.35. The van der Waals surface area contributed by atoms with Crippen LogP contribution in [0.1, 0.15) is 16.7 Å². The van der Waals surface area contributed by atoms with Crippen LogP contribution in [0, 0.1) is 27.2 Å². The van der Waals surface area contributed by atoms with Crippen molar-refractivity contribution in [3.63, 3.8) is 0 Å². The molecule has 0 aliphatic rings. The van der Waals surface area contributed by atoms with E-state index in [2.05, 4.69) is 10.6 Å². The molecule has 3 aromatic rings. The van der Waals surface area contributed by atoms with Gasteiger partial charge >= 0.3 is 0 Å². The molecule has 10 nitrogen and oxygen atoms in total. The van der Waals surface area contributed by atoms with Gasteiger partial charge in [-0.05, 0) is 35.7 Å². The SMILES string of the molecule is Cc1ccc(NC(=O)Cc2ccc([N+](=O)[O-])cc2)c(NC(=O)Cc2ccc([N+](=O)[O-])cc2)c1. The van der Waals surface area contributed by atoms with Gasteiger partial charge in [0, 0.05) is 24.3 Å². The lowest BCUT2D eigenvalue weighted by molar-refractivity contribution is -0.385. The summed E-state index contributed by atoms with van der Waals surface area (Å²) in [6, 6.07) is 16.6. The average molecular weight is 448 g/mol. The lowest BCUT2D eigenvalue weighted by Crippen LogP contribution is -2.19. The predicted octanol–water partition coefficient (Wildman–Crippen LogP) is 4.17. The van der Waals surface area contributed by atoms with E-state index in [0.29, 0.717) is 22.5 Å². The van der Waals surface area contributed by atoms with E-state index in [1.807, 2.05) is 6.92 Å². The number of hydrogen-bond acceptors (Lipinski definition) is 6. The third kappa shape index (κ3) is 6.44. The Balaban J connectivity index is 1.66. The van der Waals surface area contributed by atoms with Crippen molar-refractivity contribution in [1.29, 1.82) is 0 Å². The van der Waals surface area contributed by atoms with Crippen LogP contribution in [-0.4, -0.2) is 21.7 Å². The first-order valence-corrected chi connectivity index (χ1v) is 9.88. The monoisotopic (exact) mass is 448 g/mol. The number of aryl methyl sites for hydroxylation is 1. The van der Waals surface area contributed by atoms with Crippen molar-refractivity contribution in [2.24, 2.45) is 0 Å². The van der Waals surface area contributed by atoms with Crippen molar-refractivity contribution in [3.05, 3.63) is 104 Å². The second-order valence-electron chi connectivity index (χ2n) is 7.35. The number of anilines is 2. The zero-order valence-electron chi connectivity index (χ0n) is 17.6. The topological polar surface area (TPSA) is 144 Å². The van der Waals surface area contributed by atoms with E-state index in [1.54, 1.807) is 18.2 Å². The Kier molecular flexibility index (Phi) is 7.09. The molecule has 3 rings (SSSR count). The van der Waals surface area contributed by atoms with Crippen LogP contribution in [0.15, 0.2) is 66.7 Å². The Hall–Kier alpha value is -4.60. The van der Waals surface area contributed by atoms with Gasteiger partial charge in [-0.1, -0.05) is 30.3 Å². The Morgan fingerprint density at radius 1 is 0.697 bits per heavy atom. The van der Waals surface area contributed by atoms with E-state index in [-0.39, 0.29) is 36.0 Å². The van der Waals surface area contributed by atoms with E-state index in [9.17, 15) is 29.8 Å². The molecule has 0 saturated heterocycles. The number of nitrogens with zero attached hydrogens (tertiary/aromatic N) is 2. The van der Waals surface area contributed by atoms with Crippen LogP contribution in [0.5, 0.6) is 0 Å². The zero-order valence-corrected chi connectivity index (χ0v) is 17.6. The number of hydrogen-bond donors (Lipinski definition) is 2. The first-order valence-electron chi connectivity index (χ1n) is 9.88. The number of non-ortho nitro benzene ring substituents is 2. The molecule has 0 aliphatic carbocycles. The summed E-state index contributed by atoms with van der Waals surface area (Å²) >= 11 is 0. The highest BCUT2D eigenvalue weighted by Gasteiger charge is 2.13. The van der Waals surface area contributed by atoms with E-state index in [4.69, 9.17) is 0 Å². The predicted molar refractivity (Wildman–Crippen MR) is 122 cm³/mol. The first-order chi connectivity index (χ1) is 15.7. The molecule has 0 unspecified atom stereocenters. The van der Waals surface area contributed by atoms with E-state index in [0.717, 1.165) is 5.56 Å². The normalized spacial score (nSPS) is 10.3. The second kappa shape index (κ2) is 10.1. The third-order valence-corrected chi connectivity index (χ3v) is 4.75. The van der Waals surface area contributed by atoms with Gasteiger partial charge in [0.1, 0.15) is 0 Å². The molecule has 0 saturated carbocycles. The molecule has 33 heavy (non-hydrogen) atoms. The standard InChI is InChI=1S/C23H20N4O6/c1-15-2-11-20(24-22(28)13-16-3-7-18(8-4-16)26(30)31)21(12-15)25-23(29)14-17-5-9-19(10-6-17)27(32)33/h2-12H,13-14H2,1H3,(H,24,28)(H,25,29). The van der Waals surface area contributed by atoms with Crippen molar-refractivity contribution in [1.82, 2.24) is 0 Å². The Morgan fingerprint density at radius 2 is 1.12 bits per heavy atom. The highest BCUT2D eigenvalue weighted by atomic mass is 16.6. The van der Waals surface area contributed by atoms with Gasteiger partial charge in [-0.25, -0.2) is 0 Å². The lowest BCUT2D eigenvalue weighted by Gasteiger charge is -2.13. The average Bonchev–Trinajstić information content (AvgIpc) is 2.76. The number of nitro benzene ring substituents is 2. The molecule has 0 radical (unpaired) electrons. The van der Waals surface area contributed by atoms with Crippen LogP contribution in [0.25, 0.3) is 0 Å². The van der Waals surface area contributed by atoms with Crippen LogP contribution in [-0.2, 0) is 22.4 Å². The molecule has 0 aliphatic heterocycles. The first kappa shape index (κ1) is 23.1. The third-order valence-electron chi connectivity index (χ3n) is 4.75. The van der Waals surface area contributed by atoms with Gasteiger partial charge in [0.25, 0.3) is 11.4 Å². The van der Waals surface area contributed by atoms with Crippen LogP contribution in [0.3, 0.4) is 0 Å². The molecular weight excluding hydrogens is 428 g/mol. The number of nitro groups is 2. The van der Waals surface area contributed by atoms with Crippen LogP contribution >= 0.6 is 0 Å². The van der Waals surface area contributed by atoms with Gasteiger partial charge < -0.3 is 10.6 Å². The van der Waals surface area contributed by atoms with Crippen molar-refractivity contribution in [2.45, 2.75) is 19.8 Å². The Labute approximate surface area is 188 Å². The quantitative estimate of drug-likeness (QED) is 0.391. The number of carbonyl (C=O) groups excluding carboxylic acids is 2. The number of carbonyl (C=O) groups is 2. The smallest absolute Gasteiger partial charge is 0.269 e. The summed E-state index contributed by atoms with van der Waals surface area (Å²) in [4.78, 5) is 45.5. The maximum absolute atomic E-state index is 12.5. The van der Waals surface area contributed by atoms with Crippen molar-refractivity contribution < 1.29 is 19.4 Å². The summed E-state index contributed by atoms with van der Waals surface area (Å²) in [6.45, 7) is 1.84. The van der Waals surface area contributed by atoms with E-state index < -0.39 is 9.85 Å². The van der Waals surface area contributed by atoms with Crippen molar-refractivity contribution in [2.75, 3.05) is 10.6 Å². The van der Waals surface area contributed by atoms with Gasteiger partial charge in [0.2, 0.25) is 11.8 Å². The molecule has 3 aromatic carbocycles. The molecule has 0 spiro atoms. The minimum Gasteiger partial charge on any atom is -0.324 e. The summed E-state index contributed by atoms with van der Waals surface area (Å²) in [6.07, 6.45) is 0.00414. The molecule has 0 aromatic heterocycles. The van der Waals surface area contributed by atoms with Crippen LogP contribution in [0.4, 0.5) is 22.7 Å². The van der Waals surface area contributed by atoms with Crippen molar-refractivity contribution >= 4 is 34.6 Å². The fourth-order valence-corrected chi connectivity index (χ4v) is 3.10. The van der Waals surface area contributed by atoms with Gasteiger partial charge in [-0.3, -0.25) is 29.8 Å². The van der Waals surface area contributed by atoms with Crippen LogP contribution in [0.2, 0.25) is 0 Å². The number of amides is 2. The molecule has 0 atom stereocenters. The maximum Gasteiger partial charge on any atom is 0.269 e. The van der Waals surface area contributed by atoms with Crippen molar-refractivity contribution in [3.8, 4) is 0 Å². The summed E-state index contributed by atoms with van der Waals surface area (Å²) in [7, 11) is 0. The highest BCUT2D eigenvalue weighted by Crippen LogP contribution is 2.24. The zero-order chi connectivity index (χ0) is 24.0. The van der Waals surface area contributed by atoms with Gasteiger partial charge in [0.15, 0.2) is 0 Å². The minimum absolute atomic E-state index is 0.00204. The van der Waals surface area contributed by atoms with Gasteiger partial charge in [-0.2, -0.15) is 0 Å². The highest BCUT2D eigenvalue weighted by molar-refractivity contribution is 6.00. The summed E-state index contributed by atoms with van der Waals surface area (Å²) < 4.78 is 0. The van der Waals surface area contributed by atoms with Gasteiger partial charge in [-0.15, -0.1) is 0 Å². The summed E-state index contributed by atoms with van der Waals surface area (Å²) in [5.41, 5.74) is 2.78. The largest absolute Gasteiger partial charge is 0.324 e. The molecule has 168 valence electrons. The van der Waals surface area contributed by atoms with Crippen LogP contribution < -0.4 is 10.6 Å². The molecule has 0 heterocycles. The van der Waals surface area contributed by atoms with E-state index in [1.165, 1.54) is 48.5 Å². The minimum atomic E-state index is -0.512. The van der Waals surface area contributed by atoms with Gasteiger partial charge in [0.05, 0.1) is 34.1 Å². The molecule has 2 N–H and O–H groups in total. The maximum atomic E-state index is 12.5.